The van der Waals surface area contributed by atoms with E-state index in [-0.39, 0.29) is 0 Å². The molecular formula is C15H21N3. The Kier molecular flexibility index (Phi) is 4.53. The summed E-state index contributed by atoms with van der Waals surface area (Å²) < 4.78 is 1.99. The minimum absolute atomic E-state index is 0.841. The molecule has 0 radical (unpaired) electrons. The molecule has 0 aliphatic carbocycles. The predicted molar refractivity (Wildman–Crippen MR) is 74.5 cm³/mol. The van der Waals surface area contributed by atoms with Gasteiger partial charge in [-0.3, -0.25) is 4.68 Å². The van der Waals surface area contributed by atoms with E-state index >= 15 is 0 Å². The molecule has 0 bridgehead atoms. The molecule has 1 heterocycles. The molecule has 2 rings (SSSR count). The van der Waals surface area contributed by atoms with Crippen molar-refractivity contribution in [2.45, 2.75) is 33.4 Å². The van der Waals surface area contributed by atoms with Crippen LogP contribution in [0.3, 0.4) is 0 Å². The summed E-state index contributed by atoms with van der Waals surface area (Å²) >= 11 is 0. The van der Waals surface area contributed by atoms with Crippen LogP contribution in [-0.4, -0.2) is 16.3 Å². The number of aryl methyl sites for hydroxylation is 1. The fourth-order valence-electron chi connectivity index (χ4n) is 1.87. The Bertz CT molecular complexity index is 471. The van der Waals surface area contributed by atoms with Gasteiger partial charge in [-0.2, -0.15) is 5.10 Å². The molecule has 0 unspecified atom stereocenters. The van der Waals surface area contributed by atoms with Crippen LogP contribution in [0.15, 0.2) is 36.7 Å². The molecule has 1 aromatic carbocycles. The van der Waals surface area contributed by atoms with E-state index in [2.05, 4.69) is 54.7 Å². The molecule has 1 aromatic heterocycles. The van der Waals surface area contributed by atoms with Crippen molar-refractivity contribution in [1.29, 1.82) is 0 Å². The van der Waals surface area contributed by atoms with Gasteiger partial charge in [0.1, 0.15) is 0 Å². The molecule has 0 aliphatic rings. The van der Waals surface area contributed by atoms with Crippen molar-refractivity contribution in [2.24, 2.45) is 0 Å². The lowest BCUT2D eigenvalue weighted by molar-refractivity contribution is 0.668. The Morgan fingerprint density at radius 1 is 1.17 bits per heavy atom. The number of benzene rings is 1. The van der Waals surface area contributed by atoms with Crippen LogP contribution in [-0.2, 0) is 13.1 Å². The van der Waals surface area contributed by atoms with Gasteiger partial charge in [0.05, 0.1) is 12.7 Å². The van der Waals surface area contributed by atoms with E-state index in [0.29, 0.717) is 0 Å². The molecule has 0 fully saturated rings. The Hall–Kier alpha value is -1.61. The van der Waals surface area contributed by atoms with Crippen LogP contribution in [0.4, 0.5) is 0 Å². The van der Waals surface area contributed by atoms with Gasteiger partial charge in [0.25, 0.3) is 0 Å². The van der Waals surface area contributed by atoms with Crippen LogP contribution >= 0.6 is 0 Å². The van der Waals surface area contributed by atoms with Crippen LogP contribution in [0.25, 0.3) is 0 Å². The largest absolute Gasteiger partial charge is 0.313 e. The SMILES string of the molecule is CCCNCc1cnn(Cc2ccc(C)cc2)c1. The van der Waals surface area contributed by atoms with Gasteiger partial charge in [0.15, 0.2) is 0 Å². The lowest BCUT2D eigenvalue weighted by atomic mass is 10.1. The van der Waals surface area contributed by atoms with Crippen molar-refractivity contribution in [3.63, 3.8) is 0 Å². The van der Waals surface area contributed by atoms with Gasteiger partial charge in [-0.15, -0.1) is 0 Å². The van der Waals surface area contributed by atoms with Gasteiger partial charge >= 0.3 is 0 Å². The Morgan fingerprint density at radius 3 is 2.67 bits per heavy atom. The molecule has 0 atom stereocenters. The number of aromatic nitrogens is 2. The predicted octanol–water partition coefficient (Wildman–Crippen LogP) is 2.74. The van der Waals surface area contributed by atoms with Crippen molar-refractivity contribution in [1.82, 2.24) is 15.1 Å². The highest BCUT2D eigenvalue weighted by molar-refractivity contribution is 5.21. The minimum Gasteiger partial charge on any atom is -0.313 e. The maximum absolute atomic E-state index is 4.39. The molecule has 0 amide bonds. The van der Waals surface area contributed by atoms with Crippen LogP contribution in [0.1, 0.15) is 30.0 Å². The van der Waals surface area contributed by atoms with Crippen molar-refractivity contribution in [3.05, 3.63) is 53.3 Å². The summed E-state index contributed by atoms with van der Waals surface area (Å²) in [7, 11) is 0. The van der Waals surface area contributed by atoms with Gasteiger partial charge in [-0.05, 0) is 25.5 Å². The highest BCUT2D eigenvalue weighted by Crippen LogP contribution is 2.06. The molecule has 1 N–H and O–H groups in total. The zero-order chi connectivity index (χ0) is 12.8. The number of hydrogen-bond acceptors (Lipinski definition) is 2. The third-order valence-corrected chi connectivity index (χ3v) is 2.91. The first-order valence-corrected chi connectivity index (χ1v) is 6.55. The number of nitrogens with zero attached hydrogens (tertiary/aromatic N) is 2. The Morgan fingerprint density at radius 2 is 1.94 bits per heavy atom. The minimum atomic E-state index is 0.841. The maximum atomic E-state index is 4.39. The van der Waals surface area contributed by atoms with Crippen LogP contribution in [0, 0.1) is 6.92 Å². The fraction of sp³-hybridized carbons (Fsp3) is 0.400. The van der Waals surface area contributed by atoms with Crippen LogP contribution in [0.2, 0.25) is 0 Å². The van der Waals surface area contributed by atoms with E-state index in [0.717, 1.165) is 26.1 Å². The molecule has 3 nitrogen and oxygen atoms in total. The summed E-state index contributed by atoms with van der Waals surface area (Å²) in [4.78, 5) is 0. The third-order valence-electron chi connectivity index (χ3n) is 2.91. The van der Waals surface area contributed by atoms with Gasteiger partial charge in [-0.1, -0.05) is 36.8 Å². The average Bonchev–Trinajstić information content (AvgIpc) is 2.80. The summed E-state index contributed by atoms with van der Waals surface area (Å²) in [6, 6.07) is 8.60. The molecule has 3 heteroatoms. The smallest absolute Gasteiger partial charge is 0.0659 e. The van der Waals surface area contributed by atoms with Gasteiger partial charge in [0.2, 0.25) is 0 Å². The molecule has 0 saturated carbocycles. The summed E-state index contributed by atoms with van der Waals surface area (Å²) in [6.45, 7) is 7.09. The highest BCUT2D eigenvalue weighted by atomic mass is 15.3. The third kappa shape index (κ3) is 3.70. The highest BCUT2D eigenvalue weighted by Gasteiger charge is 1.99. The number of hydrogen-bond donors (Lipinski definition) is 1. The van der Waals surface area contributed by atoms with Gasteiger partial charge in [0, 0.05) is 18.3 Å². The van der Waals surface area contributed by atoms with E-state index in [1.807, 2.05) is 10.9 Å². The Labute approximate surface area is 109 Å². The second-order valence-corrected chi connectivity index (χ2v) is 4.71. The number of rotatable bonds is 6. The zero-order valence-electron chi connectivity index (χ0n) is 11.2. The molecule has 18 heavy (non-hydrogen) atoms. The van der Waals surface area contributed by atoms with E-state index in [1.165, 1.54) is 16.7 Å². The lowest BCUT2D eigenvalue weighted by Gasteiger charge is -2.02. The van der Waals surface area contributed by atoms with Crippen LogP contribution < -0.4 is 5.32 Å². The standard InChI is InChI=1S/C15H21N3/c1-3-8-16-9-15-10-17-18(12-15)11-14-6-4-13(2)5-7-14/h4-7,10,12,16H,3,8-9,11H2,1-2H3. The van der Waals surface area contributed by atoms with E-state index < -0.39 is 0 Å². The lowest BCUT2D eigenvalue weighted by Crippen LogP contribution is -2.13. The number of nitrogens with one attached hydrogen (secondary N) is 1. The van der Waals surface area contributed by atoms with E-state index in [1.54, 1.807) is 0 Å². The Balaban J connectivity index is 1.91. The van der Waals surface area contributed by atoms with Gasteiger partial charge < -0.3 is 5.32 Å². The molecule has 0 saturated heterocycles. The average molecular weight is 243 g/mol. The first kappa shape index (κ1) is 12.8. The molecule has 0 aliphatic heterocycles. The quantitative estimate of drug-likeness (QED) is 0.791. The summed E-state index contributed by atoms with van der Waals surface area (Å²) in [5.41, 5.74) is 3.83. The van der Waals surface area contributed by atoms with E-state index in [4.69, 9.17) is 0 Å². The topological polar surface area (TPSA) is 29.9 Å². The van der Waals surface area contributed by atoms with Crippen molar-refractivity contribution in [2.75, 3.05) is 6.54 Å². The first-order valence-electron chi connectivity index (χ1n) is 6.55. The van der Waals surface area contributed by atoms with Crippen molar-refractivity contribution in [3.8, 4) is 0 Å². The van der Waals surface area contributed by atoms with Crippen molar-refractivity contribution < 1.29 is 0 Å². The van der Waals surface area contributed by atoms with Gasteiger partial charge in [-0.25, -0.2) is 0 Å². The second-order valence-electron chi connectivity index (χ2n) is 4.71. The summed E-state index contributed by atoms with van der Waals surface area (Å²) in [5.74, 6) is 0. The molecule has 96 valence electrons. The normalized spacial score (nSPS) is 10.8. The van der Waals surface area contributed by atoms with E-state index in [9.17, 15) is 0 Å². The summed E-state index contributed by atoms with van der Waals surface area (Å²) in [6.07, 6.45) is 5.22. The molecule has 0 spiro atoms. The fourth-order valence-corrected chi connectivity index (χ4v) is 1.87. The molecule has 2 aromatic rings. The van der Waals surface area contributed by atoms with Crippen molar-refractivity contribution >= 4 is 0 Å². The monoisotopic (exact) mass is 243 g/mol. The molecular weight excluding hydrogens is 222 g/mol. The second kappa shape index (κ2) is 6.36. The summed E-state index contributed by atoms with van der Waals surface area (Å²) in [5, 5.41) is 7.77. The van der Waals surface area contributed by atoms with Crippen LogP contribution in [0.5, 0.6) is 0 Å². The first-order chi connectivity index (χ1) is 8.78. The zero-order valence-corrected chi connectivity index (χ0v) is 11.2. The maximum Gasteiger partial charge on any atom is 0.0659 e.